The van der Waals surface area contributed by atoms with E-state index in [1.807, 2.05) is 0 Å². The van der Waals surface area contributed by atoms with Crippen molar-refractivity contribution in [3.05, 3.63) is 35.9 Å². The van der Waals surface area contributed by atoms with Crippen molar-refractivity contribution in [2.24, 2.45) is 22.7 Å². The zero-order chi connectivity index (χ0) is 11.9. The normalized spacial score (nSPS) is 54.1. The average Bonchev–Trinajstić information content (AvgIpc) is 2.70. The predicted octanol–water partition coefficient (Wildman–Crippen LogP) is 4.40. The molecule has 5 unspecified atom stereocenters. The van der Waals surface area contributed by atoms with Crippen LogP contribution in [0.2, 0.25) is 0 Å². The third-order valence-corrected chi connectivity index (χ3v) is 7.28. The number of rotatable bonds is 2. The van der Waals surface area contributed by atoms with Crippen molar-refractivity contribution in [2.75, 3.05) is 0 Å². The van der Waals surface area contributed by atoms with E-state index >= 15 is 0 Å². The minimum atomic E-state index is 0.541. The highest BCUT2D eigenvalue weighted by atomic mass is 15.0. The summed E-state index contributed by atoms with van der Waals surface area (Å²) in [6, 6.07) is 11.4. The number of hydrogen-bond donors (Lipinski definition) is 0. The summed E-state index contributed by atoms with van der Waals surface area (Å²) in [5, 5.41) is 0. The summed E-state index contributed by atoms with van der Waals surface area (Å²) in [4.78, 5) is 0. The van der Waals surface area contributed by atoms with Crippen molar-refractivity contribution >= 4 is 0 Å². The second-order valence-corrected chi connectivity index (χ2v) is 6.85. The van der Waals surface area contributed by atoms with Gasteiger partial charge in [-0.2, -0.15) is 0 Å². The molecule has 3 fully saturated rings. The first-order chi connectivity index (χ1) is 8.14. The summed E-state index contributed by atoms with van der Waals surface area (Å²) >= 11 is 0. The lowest BCUT2D eigenvalue weighted by molar-refractivity contribution is -0.0483. The first-order valence-corrected chi connectivity index (χ1v) is 7.20. The molecule has 0 heteroatoms. The van der Waals surface area contributed by atoms with Crippen LogP contribution in [-0.2, 0) is 5.41 Å². The van der Waals surface area contributed by atoms with Crippen LogP contribution in [0.3, 0.4) is 0 Å². The van der Waals surface area contributed by atoms with Gasteiger partial charge in [0.05, 0.1) is 0 Å². The Morgan fingerprint density at radius 2 is 1.71 bits per heavy atom. The van der Waals surface area contributed by atoms with Gasteiger partial charge in [0, 0.05) is 5.41 Å². The lowest BCUT2D eigenvalue weighted by Gasteiger charge is -2.58. The molecule has 0 bridgehead atoms. The Hall–Kier alpha value is -0.780. The van der Waals surface area contributed by atoms with Crippen molar-refractivity contribution in [1.29, 1.82) is 0 Å². The Bertz CT molecular complexity index is 466. The standard InChI is InChI=1S/C17H22/c1-4-15(2)16(3)13-10-11-14(13)17(15,16)12-8-6-5-7-9-12/h5-9,13-14H,4,10-11H2,1-3H3. The molecule has 17 heavy (non-hydrogen) atoms. The molecule has 0 amide bonds. The van der Waals surface area contributed by atoms with Crippen LogP contribution in [0.5, 0.6) is 0 Å². The van der Waals surface area contributed by atoms with Crippen LogP contribution in [0.25, 0.3) is 0 Å². The van der Waals surface area contributed by atoms with Crippen LogP contribution in [0.1, 0.15) is 45.6 Å². The van der Waals surface area contributed by atoms with Crippen LogP contribution < -0.4 is 0 Å². The predicted molar refractivity (Wildman–Crippen MR) is 70.8 cm³/mol. The summed E-state index contributed by atoms with van der Waals surface area (Å²) in [5.41, 5.74) is 3.35. The molecular weight excluding hydrogens is 204 g/mol. The second kappa shape index (κ2) is 2.63. The third kappa shape index (κ3) is 0.687. The summed E-state index contributed by atoms with van der Waals surface area (Å²) in [6.45, 7) is 7.52. The number of benzene rings is 1. The van der Waals surface area contributed by atoms with Gasteiger partial charge in [-0.25, -0.2) is 0 Å². The van der Waals surface area contributed by atoms with Gasteiger partial charge in [0.2, 0.25) is 0 Å². The largest absolute Gasteiger partial charge is 0.0648 e. The summed E-state index contributed by atoms with van der Waals surface area (Å²) in [5.74, 6) is 2.03. The Balaban J connectivity index is 1.89. The van der Waals surface area contributed by atoms with Crippen LogP contribution in [0.15, 0.2) is 30.3 Å². The third-order valence-electron chi connectivity index (χ3n) is 7.28. The summed E-state index contributed by atoms with van der Waals surface area (Å²) in [7, 11) is 0. The first-order valence-electron chi connectivity index (χ1n) is 7.20. The van der Waals surface area contributed by atoms with E-state index in [1.165, 1.54) is 19.3 Å². The van der Waals surface area contributed by atoms with Gasteiger partial charge in [-0.1, -0.05) is 51.1 Å². The fraction of sp³-hybridized carbons (Fsp3) is 0.647. The molecule has 3 saturated carbocycles. The molecule has 1 aromatic rings. The van der Waals surface area contributed by atoms with E-state index in [4.69, 9.17) is 0 Å². The van der Waals surface area contributed by atoms with Gasteiger partial charge in [0.1, 0.15) is 0 Å². The molecule has 90 valence electrons. The van der Waals surface area contributed by atoms with Crippen molar-refractivity contribution in [1.82, 2.24) is 0 Å². The molecule has 0 nitrogen and oxygen atoms in total. The Kier molecular flexibility index (Phi) is 1.57. The van der Waals surface area contributed by atoms with Crippen LogP contribution in [0, 0.1) is 22.7 Å². The lowest BCUT2D eigenvalue weighted by Crippen LogP contribution is -2.54. The van der Waals surface area contributed by atoms with Gasteiger partial charge in [0.15, 0.2) is 0 Å². The molecule has 3 aliphatic carbocycles. The van der Waals surface area contributed by atoms with Crippen molar-refractivity contribution in [2.45, 2.75) is 45.4 Å². The van der Waals surface area contributed by atoms with Crippen LogP contribution in [-0.4, -0.2) is 0 Å². The van der Waals surface area contributed by atoms with Gasteiger partial charge >= 0.3 is 0 Å². The molecule has 0 aromatic heterocycles. The van der Waals surface area contributed by atoms with Crippen LogP contribution >= 0.6 is 0 Å². The molecule has 5 atom stereocenters. The smallest absolute Gasteiger partial charge is 0.0105 e. The van der Waals surface area contributed by atoms with Crippen molar-refractivity contribution < 1.29 is 0 Å². The van der Waals surface area contributed by atoms with Gasteiger partial charge in [0.25, 0.3) is 0 Å². The molecule has 0 saturated heterocycles. The molecule has 0 radical (unpaired) electrons. The van der Waals surface area contributed by atoms with Gasteiger partial charge in [-0.3, -0.25) is 0 Å². The first kappa shape index (κ1) is 10.2. The molecule has 0 N–H and O–H groups in total. The van der Waals surface area contributed by atoms with Gasteiger partial charge in [-0.05, 0) is 47.5 Å². The Morgan fingerprint density at radius 1 is 1.06 bits per heavy atom. The van der Waals surface area contributed by atoms with E-state index in [2.05, 4.69) is 51.1 Å². The average molecular weight is 226 g/mol. The van der Waals surface area contributed by atoms with E-state index in [1.54, 1.807) is 5.56 Å². The number of hydrogen-bond acceptors (Lipinski definition) is 0. The fourth-order valence-corrected chi connectivity index (χ4v) is 6.34. The van der Waals surface area contributed by atoms with E-state index in [-0.39, 0.29) is 0 Å². The monoisotopic (exact) mass is 226 g/mol. The minimum Gasteiger partial charge on any atom is -0.0648 e. The molecule has 3 aliphatic rings. The highest BCUT2D eigenvalue weighted by Crippen LogP contribution is 2.97. The maximum absolute atomic E-state index is 2.57. The van der Waals surface area contributed by atoms with Crippen molar-refractivity contribution in [3.8, 4) is 0 Å². The maximum atomic E-state index is 2.57. The Labute approximate surface area is 104 Å². The summed E-state index contributed by atoms with van der Waals surface area (Å²) < 4.78 is 0. The molecule has 0 heterocycles. The van der Waals surface area contributed by atoms with Crippen molar-refractivity contribution in [3.63, 3.8) is 0 Å². The van der Waals surface area contributed by atoms with Gasteiger partial charge in [-0.15, -0.1) is 0 Å². The zero-order valence-corrected chi connectivity index (χ0v) is 11.2. The summed E-state index contributed by atoms with van der Waals surface area (Å²) in [6.07, 6.45) is 4.31. The van der Waals surface area contributed by atoms with E-state index in [0.29, 0.717) is 16.2 Å². The van der Waals surface area contributed by atoms with E-state index in [9.17, 15) is 0 Å². The quantitative estimate of drug-likeness (QED) is 0.701. The second-order valence-electron chi connectivity index (χ2n) is 6.85. The van der Waals surface area contributed by atoms with Crippen LogP contribution in [0.4, 0.5) is 0 Å². The molecule has 0 aliphatic heterocycles. The minimum absolute atomic E-state index is 0.541. The van der Waals surface area contributed by atoms with Gasteiger partial charge < -0.3 is 0 Å². The topological polar surface area (TPSA) is 0 Å². The molecule has 0 spiro atoms. The maximum Gasteiger partial charge on any atom is 0.0105 e. The highest BCUT2D eigenvalue weighted by Gasteiger charge is 2.95. The number of fused-ring (bicyclic) bond motifs is 4. The Morgan fingerprint density at radius 3 is 2.24 bits per heavy atom. The molecule has 4 rings (SSSR count). The lowest BCUT2D eigenvalue weighted by atomic mass is 9.46. The fourth-order valence-electron chi connectivity index (χ4n) is 6.34. The molecule has 1 aromatic carbocycles. The SMILES string of the molecule is CCC1(C)C2(C)C3CCC3C12c1ccccc1. The van der Waals surface area contributed by atoms with E-state index < -0.39 is 0 Å². The molecular formula is C17H22. The highest BCUT2D eigenvalue weighted by molar-refractivity contribution is 5.55. The zero-order valence-electron chi connectivity index (χ0n) is 11.2. The van der Waals surface area contributed by atoms with E-state index in [0.717, 1.165) is 11.8 Å².